The Balaban J connectivity index is 1.21. The lowest BCUT2D eigenvalue weighted by atomic mass is 9.85. The average molecular weight is 693 g/mol. The monoisotopic (exact) mass is 692 g/mol. The number of rotatable bonds is 3. The van der Waals surface area contributed by atoms with E-state index in [1.807, 2.05) is 23.7 Å². The van der Waals surface area contributed by atoms with Crippen LogP contribution in [-0.2, 0) is 0 Å². The number of thiophene rings is 1. The molecular formula is C50H28O2S. The number of hydrogen-bond acceptors (Lipinski definition) is 3. The van der Waals surface area contributed by atoms with Crippen molar-refractivity contribution in [2.75, 3.05) is 0 Å². The number of benzene rings is 9. The molecule has 0 unspecified atom stereocenters. The van der Waals surface area contributed by atoms with Crippen molar-refractivity contribution >= 4 is 96.7 Å². The first kappa shape index (κ1) is 29.0. The van der Waals surface area contributed by atoms with Gasteiger partial charge in [-0.2, -0.15) is 0 Å². The Morgan fingerprint density at radius 2 is 1.00 bits per heavy atom. The van der Waals surface area contributed by atoms with Gasteiger partial charge in [-0.15, -0.1) is 11.3 Å². The van der Waals surface area contributed by atoms with Crippen LogP contribution in [0.4, 0.5) is 0 Å². The Kier molecular flexibility index (Phi) is 5.96. The molecule has 0 bridgehead atoms. The number of para-hydroxylation sites is 1. The lowest BCUT2D eigenvalue weighted by Crippen LogP contribution is -1.91. The van der Waals surface area contributed by atoms with E-state index in [-0.39, 0.29) is 0 Å². The molecule has 0 aliphatic carbocycles. The average Bonchev–Trinajstić information content (AvgIpc) is 3.92. The molecule has 0 fully saturated rings. The predicted octanol–water partition coefficient (Wildman–Crippen LogP) is 15.2. The van der Waals surface area contributed by atoms with Crippen molar-refractivity contribution < 1.29 is 8.83 Å². The van der Waals surface area contributed by atoms with E-state index in [9.17, 15) is 0 Å². The van der Waals surface area contributed by atoms with E-state index in [0.717, 1.165) is 55.2 Å². The Bertz CT molecular complexity index is 3400. The second-order valence-corrected chi connectivity index (χ2v) is 15.0. The number of fused-ring (bicyclic) bond motifs is 11. The summed E-state index contributed by atoms with van der Waals surface area (Å²) >= 11 is 1.86. The SMILES string of the molecule is c1ccc2c(-c3coc4c(-c5c6ccccc6c(-c6ccc7c(c6)sc6ccccc67)c6ccccc56)cc5oc6ccccc6c5c34)cccc2c1. The summed E-state index contributed by atoms with van der Waals surface area (Å²) in [6.07, 6.45) is 1.95. The first-order chi connectivity index (χ1) is 26.3. The quantitative estimate of drug-likeness (QED) is 0.172. The van der Waals surface area contributed by atoms with Gasteiger partial charge in [0.2, 0.25) is 0 Å². The molecule has 3 heterocycles. The van der Waals surface area contributed by atoms with E-state index < -0.39 is 0 Å². The lowest BCUT2D eigenvalue weighted by molar-refractivity contribution is 0.617. The standard InChI is InChI=1S/C50H28O2S/c1-2-14-31-29(12-1)13-11-21-32(31)41-28-51-50-40(27-43-48(49(41)50)39-20-7-9-22-42(39)52-43)47-37-18-5-3-16-35(37)46(36-17-4-6-19-38(36)47)30-24-25-34-33-15-8-10-23-44(33)53-45(34)26-30/h1-28H. The highest BCUT2D eigenvalue weighted by Gasteiger charge is 2.25. The maximum atomic E-state index is 6.81. The van der Waals surface area contributed by atoms with Gasteiger partial charge in [-0.05, 0) is 73.3 Å². The lowest BCUT2D eigenvalue weighted by Gasteiger charge is -2.18. The molecule has 3 aromatic heterocycles. The van der Waals surface area contributed by atoms with Crippen LogP contribution in [0.1, 0.15) is 0 Å². The zero-order chi connectivity index (χ0) is 34.6. The van der Waals surface area contributed by atoms with Crippen LogP contribution in [0.15, 0.2) is 179 Å². The Morgan fingerprint density at radius 1 is 0.377 bits per heavy atom. The third kappa shape index (κ3) is 4.08. The minimum absolute atomic E-state index is 0.851. The highest BCUT2D eigenvalue weighted by atomic mass is 32.1. The van der Waals surface area contributed by atoms with Gasteiger partial charge in [0, 0.05) is 53.0 Å². The van der Waals surface area contributed by atoms with Crippen molar-refractivity contribution in [3.63, 3.8) is 0 Å². The summed E-state index contributed by atoms with van der Waals surface area (Å²) in [4.78, 5) is 0. The fourth-order valence-electron chi connectivity index (χ4n) is 8.88. The van der Waals surface area contributed by atoms with Gasteiger partial charge in [-0.25, -0.2) is 0 Å². The van der Waals surface area contributed by atoms with E-state index in [1.54, 1.807) is 0 Å². The molecule has 53 heavy (non-hydrogen) atoms. The van der Waals surface area contributed by atoms with Crippen molar-refractivity contribution in [1.82, 2.24) is 0 Å². The van der Waals surface area contributed by atoms with Crippen molar-refractivity contribution in [2.45, 2.75) is 0 Å². The van der Waals surface area contributed by atoms with E-state index >= 15 is 0 Å². The van der Waals surface area contributed by atoms with E-state index in [1.165, 1.54) is 63.6 Å². The fourth-order valence-corrected chi connectivity index (χ4v) is 10.0. The Labute approximate surface area is 307 Å². The van der Waals surface area contributed by atoms with Crippen molar-refractivity contribution in [3.8, 4) is 33.4 Å². The molecule has 0 N–H and O–H groups in total. The van der Waals surface area contributed by atoms with Crippen LogP contribution in [0.3, 0.4) is 0 Å². The minimum atomic E-state index is 0.851. The molecular weight excluding hydrogens is 665 g/mol. The zero-order valence-corrected chi connectivity index (χ0v) is 29.2. The van der Waals surface area contributed by atoms with Crippen LogP contribution in [0, 0.1) is 0 Å². The van der Waals surface area contributed by atoms with Crippen molar-refractivity contribution in [2.24, 2.45) is 0 Å². The Hall–Kier alpha value is -6.68. The van der Waals surface area contributed by atoms with Gasteiger partial charge in [0.05, 0.1) is 6.26 Å². The van der Waals surface area contributed by atoms with Crippen LogP contribution in [0.25, 0.3) is 119 Å². The molecule has 0 saturated heterocycles. The topological polar surface area (TPSA) is 26.3 Å². The summed E-state index contributed by atoms with van der Waals surface area (Å²) in [6, 6.07) is 59.1. The van der Waals surface area contributed by atoms with E-state index in [0.29, 0.717) is 0 Å². The molecule has 0 amide bonds. The van der Waals surface area contributed by atoms with Gasteiger partial charge >= 0.3 is 0 Å². The molecule has 246 valence electrons. The van der Waals surface area contributed by atoms with E-state index in [4.69, 9.17) is 8.83 Å². The molecule has 9 aromatic carbocycles. The smallest absolute Gasteiger partial charge is 0.143 e. The summed E-state index contributed by atoms with van der Waals surface area (Å²) < 4.78 is 16.1. The number of hydrogen-bond donors (Lipinski definition) is 0. The second kappa shape index (κ2) is 10.9. The fraction of sp³-hybridized carbons (Fsp3) is 0. The summed E-state index contributed by atoms with van der Waals surface area (Å²) in [5, 5.41) is 13.0. The largest absolute Gasteiger partial charge is 0.463 e. The zero-order valence-electron chi connectivity index (χ0n) is 28.4. The molecule has 0 spiro atoms. The molecule has 0 atom stereocenters. The third-order valence-corrected chi connectivity index (χ3v) is 12.3. The molecule has 0 aliphatic rings. The van der Waals surface area contributed by atoms with Crippen LogP contribution in [-0.4, -0.2) is 0 Å². The summed E-state index contributed by atoms with van der Waals surface area (Å²) in [6.45, 7) is 0. The first-order valence-corrected chi connectivity index (χ1v) is 18.8. The maximum absolute atomic E-state index is 6.81. The normalized spacial score (nSPS) is 12.2. The second-order valence-electron chi connectivity index (χ2n) is 13.9. The first-order valence-electron chi connectivity index (χ1n) is 18.0. The summed E-state index contributed by atoms with van der Waals surface area (Å²) in [5.74, 6) is 0. The molecule has 12 aromatic rings. The van der Waals surface area contributed by atoms with Crippen LogP contribution < -0.4 is 0 Å². The van der Waals surface area contributed by atoms with Crippen LogP contribution in [0.5, 0.6) is 0 Å². The van der Waals surface area contributed by atoms with Gasteiger partial charge in [0.15, 0.2) is 0 Å². The predicted molar refractivity (Wildman–Crippen MR) is 225 cm³/mol. The molecule has 3 heteroatoms. The highest BCUT2D eigenvalue weighted by molar-refractivity contribution is 7.25. The third-order valence-electron chi connectivity index (χ3n) is 11.1. The highest BCUT2D eigenvalue weighted by Crippen LogP contribution is 2.51. The molecule has 2 nitrogen and oxygen atoms in total. The van der Waals surface area contributed by atoms with Gasteiger partial charge in [0.25, 0.3) is 0 Å². The van der Waals surface area contributed by atoms with Crippen molar-refractivity contribution in [3.05, 3.63) is 170 Å². The summed E-state index contributed by atoms with van der Waals surface area (Å²) in [7, 11) is 0. The maximum Gasteiger partial charge on any atom is 0.143 e. The van der Waals surface area contributed by atoms with Gasteiger partial charge in [-0.1, -0.05) is 140 Å². The number of furan rings is 2. The molecule has 0 radical (unpaired) electrons. The van der Waals surface area contributed by atoms with Crippen LogP contribution >= 0.6 is 11.3 Å². The molecule has 0 aliphatic heterocycles. The van der Waals surface area contributed by atoms with Crippen LogP contribution in [0.2, 0.25) is 0 Å². The Morgan fingerprint density at radius 3 is 1.79 bits per heavy atom. The minimum Gasteiger partial charge on any atom is -0.463 e. The van der Waals surface area contributed by atoms with E-state index in [2.05, 4.69) is 158 Å². The molecule has 0 saturated carbocycles. The van der Waals surface area contributed by atoms with Gasteiger partial charge in [-0.3, -0.25) is 0 Å². The van der Waals surface area contributed by atoms with Gasteiger partial charge < -0.3 is 8.83 Å². The summed E-state index contributed by atoms with van der Waals surface area (Å²) in [5.41, 5.74) is 9.43. The van der Waals surface area contributed by atoms with Gasteiger partial charge in [0.1, 0.15) is 16.7 Å². The molecule has 12 rings (SSSR count). The van der Waals surface area contributed by atoms with Crippen molar-refractivity contribution in [1.29, 1.82) is 0 Å².